The molecule has 1 aliphatic heterocycles. The van der Waals surface area contributed by atoms with Gasteiger partial charge >= 0.3 is 0 Å². The molecule has 7 nitrogen and oxygen atoms in total. The van der Waals surface area contributed by atoms with Gasteiger partial charge in [0.25, 0.3) is 5.91 Å². The van der Waals surface area contributed by atoms with Crippen LogP contribution in [-0.4, -0.2) is 22.9 Å². The molecule has 0 radical (unpaired) electrons. The quantitative estimate of drug-likeness (QED) is 0.757. The number of carbonyl (C=O) groups excluding carboxylic acids is 1. The number of hydrogen-bond acceptors (Lipinski definition) is 7. The van der Waals surface area contributed by atoms with Crippen molar-refractivity contribution in [1.29, 1.82) is 0 Å². The van der Waals surface area contributed by atoms with Crippen LogP contribution in [0.5, 0.6) is 17.2 Å². The molecule has 1 amide bonds. The number of nitrogens with one attached hydrogen (secondary N) is 1. The first-order chi connectivity index (χ1) is 12.3. The van der Waals surface area contributed by atoms with E-state index in [1.807, 2.05) is 30.3 Å². The summed E-state index contributed by atoms with van der Waals surface area (Å²) in [6.07, 6.45) is 0. The van der Waals surface area contributed by atoms with Gasteiger partial charge in [0.05, 0.1) is 0 Å². The van der Waals surface area contributed by atoms with E-state index < -0.39 is 0 Å². The Labute approximate surface area is 147 Å². The summed E-state index contributed by atoms with van der Waals surface area (Å²) in [6, 6.07) is 14.4. The molecule has 0 unspecified atom stereocenters. The van der Waals surface area contributed by atoms with E-state index in [-0.39, 0.29) is 12.7 Å². The Kier molecular flexibility index (Phi) is 4.17. The normalized spacial score (nSPS) is 12.0. The van der Waals surface area contributed by atoms with Crippen LogP contribution in [0.4, 0.5) is 5.13 Å². The molecule has 126 valence electrons. The molecule has 25 heavy (non-hydrogen) atoms. The number of fused-ring (bicyclic) bond motifs is 1. The van der Waals surface area contributed by atoms with Gasteiger partial charge in [-0.3, -0.25) is 10.1 Å². The standard InChI is InChI=1S/C17H13N3O4S/c21-16(11-6-7-13-14(8-11)24-10-23-13)18-17-20-19-15(25-17)9-22-12-4-2-1-3-5-12/h1-8H,9-10H2,(H,18,20,21). The van der Waals surface area contributed by atoms with Crippen molar-refractivity contribution in [3.8, 4) is 17.2 Å². The summed E-state index contributed by atoms with van der Waals surface area (Å²) in [5.41, 5.74) is 0.460. The molecule has 1 aliphatic rings. The van der Waals surface area contributed by atoms with E-state index in [2.05, 4.69) is 15.5 Å². The molecule has 0 bridgehead atoms. The topological polar surface area (TPSA) is 82.6 Å². The first-order valence-corrected chi connectivity index (χ1v) is 8.31. The SMILES string of the molecule is O=C(Nc1nnc(COc2ccccc2)s1)c1ccc2c(c1)OCO2. The molecule has 0 fully saturated rings. The third-order valence-electron chi connectivity index (χ3n) is 3.43. The highest BCUT2D eigenvalue weighted by atomic mass is 32.1. The Morgan fingerprint density at radius 1 is 1.12 bits per heavy atom. The zero-order valence-corrected chi connectivity index (χ0v) is 13.8. The van der Waals surface area contributed by atoms with Gasteiger partial charge in [0.2, 0.25) is 11.9 Å². The van der Waals surface area contributed by atoms with Crippen LogP contribution in [0.15, 0.2) is 48.5 Å². The molecule has 0 aliphatic carbocycles. The number of hydrogen-bond donors (Lipinski definition) is 1. The number of benzene rings is 2. The van der Waals surface area contributed by atoms with Crippen molar-refractivity contribution in [3.63, 3.8) is 0 Å². The fourth-order valence-electron chi connectivity index (χ4n) is 2.23. The van der Waals surface area contributed by atoms with Crippen molar-refractivity contribution in [1.82, 2.24) is 10.2 Å². The van der Waals surface area contributed by atoms with E-state index in [0.717, 1.165) is 5.75 Å². The molecule has 0 saturated carbocycles. The number of carbonyl (C=O) groups is 1. The fraction of sp³-hybridized carbons (Fsp3) is 0.118. The molecular weight excluding hydrogens is 342 g/mol. The lowest BCUT2D eigenvalue weighted by molar-refractivity contribution is 0.102. The Morgan fingerprint density at radius 2 is 1.96 bits per heavy atom. The number of ether oxygens (including phenoxy) is 3. The number of aromatic nitrogens is 2. The highest BCUT2D eigenvalue weighted by molar-refractivity contribution is 7.15. The largest absolute Gasteiger partial charge is 0.486 e. The summed E-state index contributed by atoms with van der Waals surface area (Å²) in [6.45, 7) is 0.461. The molecule has 0 spiro atoms. The van der Waals surface area contributed by atoms with Gasteiger partial charge in [-0.15, -0.1) is 10.2 Å². The van der Waals surface area contributed by atoms with Gasteiger partial charge in [0.1, 0.15) is 12.4 Å². The summed E-state index contributed by atoms with van der Waals surface area (Å²) in [5, 5.41) is 11.8. The molecule has 1 aromatic heterocycles. The lowest BCUT2D eigenvalue weighted by Gasteiger charge is -2.03. The van der Waals surface area contributed by atoms with Crippen molar-refractivity contribution in [2.24, 2.45) is 0 Å². The van der Waals surface area contributed by atoms with Gasteiger partial charge in [0, 0.05) is 5.56 Å². The average Bonchev–Trinajstić information content (AvgIpc) is 3.29. The van der Waals surface area contributed by atoms with Crippen molar-refractivity contribution in [2.45, 2.75) is 6.61 Å². The average molecular weight is 355 g/mol. The monoisotopic (exact) mass is 355 g/mol. The minimum atomic E-state index is -0.287. The van der Waals surface area contributed by atoms with E-state index in [4.69, 9.17) is 14.2 Å². The molecule has 3 aromatic rings. The van der Waals surface area contributed by atoms with E-state index in [9.17, 15) is 4.79 Å². The predicted molar refractivity (Wildman–Crippen MR) is 91.2 cm³/mol. The summed E-state index contributed by atoms with van der Waals surface area (Å²) in [4.78, 5) is 12.3. The fourth-order valence-corrected chi connectivity index (χ4v) is 2.88. The Hall–Kier alpha value is -3.13. The maximum Gasteiger partial charge on any atom is 0.257 e. The third-order valence-corrected chi connectivity index (χ3v) is 4.24. The highest BCUT2D eigenvalue weighted by Gasteiger charge is 2.17. The second kappa shape index (κ2) is 6.78. The van der Waals surface area contributed by atoms with E-state index in [1.54, 1.807) is 18.2 Å². The Balaban J connectivity index is 1.38. The number of rotatable bonds is 5. The molecular formula is C17H13N3O4S. The first kappa shape index (κ1) is 15.4. The minimum Gasteiger partial charge on any atom is -0.486 e. The summed E-state index contributed by atoms with van der Waals surface area (Å²) < 4.78 is 16.1. The van der Waals surface area contributed by atoms with Crippen molar-refractivity contribution >= 4 is 22.4 Å². The summed E-state index contributed by atoms with van der Waals surface area (Å²) in [5.74, 6) is 1.66. The minimum absolute atomic E-state index is 0.168. The molecule has 2 heterocycles. The van der Waals surface area contributed by atoms with Gasteiger partial charge in [-0.2, -0.15) is 0 Å². The maximum atomic E-state index is 12.3. The van der Waals surface area contributed by atoms with Gasteiger partial charge in [-0.05, 0) is 30.3 Å². The highest BCUT2D eigenvalue weighted by Crippen LogP contribution is 2.32. The zero-order valence-electron chi connectivity index (χ0n) is 13.0. The van der Waals surface area contributed by atoms with Crippen LogP contribution >= 0.6 is 11.3 Å². The number of amides is 1. The molecule has 4 rings (SSSR count). The van der Waals surface area contributed by atoms with Gasteiger partial charge in [0.15, 0.2) is 16.5 Å². The lowest BCUT2D eigenvalue weighted by atomic mass is 10.2. The van der Waals surface area contributed by atoms with Crippen LogP contribution in [0.25, 0.3) is 0 Å². The van der Waals surface area contributed by atoms with Crippen LogP contribution in [0.2, 0.25) is 0 Å². The maximum absolute atomic E-state index is 12.3. The van der Waals surface area contributed by atoms with Gasteiger partial charge in [-0.25, -0.2) is 0 Å². The van der Waals surface area contributed by atoms with Crippen LogP contribution in [-0.2, 0) is 6.61 Å². The Morgan fingerprint density at radius 3 is 2.84 bits per heavy atom. The predicted octanol–water partition coefficient (Wildman–Crippen LogP) is 3.10. The molecule has 8 heteroatoms. The zero-order chi connectivity index (χ0) is 17.1. The summed E-state index contributed by atoms with van der Waals surface area (Å²) in [7, 11) is 0. The van der Waals surface area contributed by atoms with Crippen LogP contribution in [0.1, 0.15) is 15.4 Å². The Bertz CT molecular complexity index is 898. The van der Waals surface area contributed by atoms with E-state index >= 15 is 0 Å². The second-order valence-electron chi connectivity index (χ2n) is 5.12. The smallest absolute Gasteiger partial charge is 0.257 e. The van der Waals surface area contributed by atoms with Crippen LogP contribution in [0, 0.1) is 0 Å². The van der Waals surface area contributed by atoms with E-state index in [1.165, 1.54) is 11.3 Å². The van der Waals surface area contributed by atoms with Gasteiger partial charge in [-0.1, -0.05) is 29.5 Å². The van der Waals surface area contributed by atoms with Crippen LogP contribution < -0.4 is 19.5 Å². The molecule has 2 aromatic carbocycles. The molecule has 0 atom stereocenters. The number of nitrogens with zero attached hydrogens (tertiary/aromatic N) is 2. The van der Waals surface area contributed by atoms with E-state index in [0.29, 0.717) is 33.8 Å². The second-order valence-corrected chi connectivity index (χ2v) is 6.19. The van der Waals surface area contributed by atoms with Gasteiger partial charge < -0.3 is 14.2 Å². The number of anilines is 1. The van der Waals surface area contributed by atoms with Crippen molar-refractivity contribution in [3.05, 3.63) is 59.1 Å². The molecule has 0 saturated heterocycles. The molecule has 1 N–H and O–H groups in total. The third kappa shape index (κ3) is 3.53. The first-order valence-electron chi connectivity index (χ1n) is 7.49. The lowest BCUT2D eigenvalue weighted by Crippen LogP contribution is -2.11. The van der Waals surface area contributed by atoms with Crippen molar-refractivity contribution < 1.29 is 19.0 Å². The van der Waals surface area contributed by atoms with Crippen molar-refractivity contribution in [2.75, 3.05) is 12.1 Å². The summed E-state index contributed by atoms with van der Waals surface area (Å²) >= 11 is 1.27. The van der Waals surface area contributed by atoms with Crippen LogP contribution in [0.3, 0.4) is 0 Å². The number of para-hydroxylation sites is 1.